The molecule has 2 N–H and O–H groups in total. The number of fused-ring (bicyclic) bond motifs is 3. The van der Waals surface area contributed by atoms with Crippen LogP contribution in [0.25, 0.3) is 0 Å². The standard InChI is InChI=1S/C17H21NO5S/c1-2-23-17(22)11-7-8-24-15(11)18-14(19)12-9-3-5-10(6-4-9)13(12)16(20)21/h7-10,12-13H,2-6H2,1H3,(H,18,19)(H,20,21)/t9?,10?,12-,13+/m1/s1. The van der Waals surface area contributed by atoms with Gasteiger partial charge < -0.3 is 15.2 Å². The summed E-state index contributed by atoms with van der Waals surface area (Å²) in [6.07, 6.45) is 3.58. The van der Waals surface area contributed by atoms with Gasteiger partial charge in [0.1, 0.15) is 5.00 Å². The van der Waals surface area contributed by atoms with Gasteiger partial charge in [0.05, 0.1) is 24.0 Å². The summed E-state index contributed by atoms with van der Waals surface area (Å²) in [5.41, 5.74) is 0.322. The van der Waals surface area contributed by atoms with Crippen molar-refractivity contribution in [2.24, 2.45) is 23.7 Å². The number of esters is 1. The average molecular weight is 351 g/mol. The summed E-state index contributed by atoms with van der Waals surface area (Å²) in [5.74, 6) is -2.60. The molecule has 0 aromatic carbocycles. The van der Waals surface area contributed by atoms with Crippen molar-refractivity contribution in [2.45, 2.75) is 32.6 Å². The van der Waals surface area contributed by atoms with Gasteiger partial charge in [-0.2, -0.15) is 0 Å². The Balaban J connectivity index is 1.78. The molecule has 3 aliphatic carbocycles. The van der Waals surface area contributed by atoms with Gasteiger partial charge in [-0.3, -0.25) is 9.59 Å². The monoisotopic (exact) mass is 351 g/mol. The summed E-state index contributed by atoms with van der Waals surface area (Å²) in [4.78, 5) is 36.4. The SMILES string of the molecule is CCOC(=O)c1ccsc1NC(=O)[C@@H]1C2CCC(CC2)[C@@H]1C(=O)O. The van der Waals surface area contributed by atoms with Crippen LogP contribution in [0, 0.1) is 23.7 Å². The number of rotatable bonds is 5. The molecule has 2 bridgehead atoms. The molecule has 1 aromatic heterocycles. The Hall–Kier alpha value is -1.89. The first kappa shape index (κ1) is 17.0. The minimum atomic E-state index is -0.888. The molecule has 0 spiro atoms. The van der Waals surface area contributed by atoms with Crippen molar-refractivity contribution in [2.75, 3.05) is 11.9 Å². The zero-order valence-electron chi connectivity index (χ0n) is 13.5. The van der Waals surface area contributed by atoms with E-state index in [4.69, 9.17) is 4.74 Å². The molecule has 7 heteroatoms. The molecule has 24 heavy (non-hydrogen) atoms. The molecule has 130 valence electrons. The molecule has 4 rings (SSSR count). The van der Waals surface area contributed by atoms with Crippen LogP contribution in [-0.4, -0.2) is 29.6 Å². The van der Waals surface area contributed by atoms with E-state index in [1.807, 2.05) is 0 Å². The highest BCUT2D eigenvalue weighted by atomic mass is 32.1. The summed E-state index contributed by atoms with van der Waals surface area (Å²) in [6.45, 7) is 1.98. The lowest BCUT2D eigenvalue weighted by atomic mass is 9.58. The summed E-state index contributed by atoms with van der Waals surface area (Å²) in [6, 6.07) is 1.61. The molecule has 1 aromatic rings. The highest BCUT2D eigenvalue weighted by Crippen LogP contribution is 2.49. The van der Waals surface area contributed by atoms with Crippen LogP contribution < -0.4 is 5.32 Å². The lowest BCUT2D eigenvalue weighted by Crippen LogP contribution is -2.49. The molecule has 0 radical (unpaired) electrons. The molecule has 6 nitrogen and oxygen atoms in total. The van der Waals surface area contributed by atoms with Crippen LogP contribution in [0.5, 0.6) is 0 Å². The zero-order valence-corrected chi connectivity index (χ0v) is 14.3. The molecule has 3 fully saturated rings. The van der Waals surface area contributed by atoms with E-state index in [0.29, 0.717) is 10.6 Å². The Labute approximate surface area is 144 Å². The van der Waals surface area contributed by atoms with Gasteiger partial charge in [0.2, 0.25) is 5.91 Å². The highest BCUT2D eigenvalue weighted by Gasteiger charge is 2.50. The number of ether oxygens (including phenoxy) is 1. The third kappa shape index (κ3) is 3.05. The molecule has 0 saturated heterocycles. The number of nitrogens with one attached hydrogen (secondary N) is 1. The summed E-state index contributed by atoms with van der Waals surface area (Å²) in [7, 11) is 0. The maximum atomic E-state index is 12.8. The van der Waals surface area contributed by atoms with Gasteiger partial charge in [0, 0.05) is 0 Å². The Bertz CT molecular complexity index is 647. The third-order valence-corrected chi connectivity index (χ3v) is 6.03. The molecule has 0 aliphatic heterocycles. The van der Waals surface area contributed by atoms with Gasteiger partial charge >= 0.3 is 11.9 Å². The molecule has 0 unspecified atom stereocenters. The van der Waals surface area contributed by atoms with E-state index in [1.165, 1.54) is 11.3 Å². The molecular formula is C17H21NO5S. The van der Waals surface area contributed by atoms with Crippen LogP contribution in [0.2, 0.25) is 0 Å². The molecule has 1 amide bonds. The van der Waals surface area contributed by atoms with Crippen LogP contribution in [0.3, 0.4) is 0 Å². The van der Waals surface area contributed by atoms with E-state index < -0.39 is 23.8 Å². The van der Waals surface area contributed by atoms with Crippen LogP contribution >= 0.6 is 11.3 Å². The second-order valence-corrected chi connectivity index (χ2v) is 7.35. The van der Waals surface area contributed by atoms with Crippen molar-refractivity contribution in [1.82, 2.24) is 0 Å². The molecule has 3 aliphatic rings. The van der Waals surface area contributed by atoms with E-state index >= 15 is 0 Å². The number of carboxylic acids is 1. The first-order chi connectivity index (χ1) is 11.5. The topological polar surface area (TPSA) is 92.7 Å². The number of aliphatic carboxylic acids is 1. The Morgan fingerprint density at radius 2 is 1.83 bits per heavy atom. The van der Waals surface area contributed by atoms with Gasteiger partial charge in [-0.1, -0.05) is 0 Å². The van der Waals surface area contributed by atoms with E-state index in [9.17, 15) is 19.5 Å². The minimum Gasteiger partial charge on any atom is -0.481 e. The highest BCUT2D eigenvalue weighted by molar-refractivity contribution is 7.14. The van der Waals surface area contributed by atoms with Crippen LogP contribution in [-0.2, 0) is 14.3 Å². The Kier molecular flexibility index (Phi) is 4.89. The average Bonchev–Trinajstić information content (AvgIpc) is 3.03. The summed E-state index contributed by atoms with van der Waals surface area (Å²) >= 11 is 1.25. The van der Waals surface area contributed by atoms with Crippen molar-refractivity contribution in [3.05, 3.63) is 17.0 Å². The number of carbonyl (C=O) groups excluding carboxylic acids is 2. The minimum absolute atomic E-state index is 0.0797. The fourth-order valence-corrected chi connectivity index (χ4v) is 4.93. The predicted octanol–water partition coefficient (Wildman–Crippen LogP) is 3.00. The molecular weight excluding hydrogens is 330 g/mol. The van der Waals surface area contributed by atoms with Crippen molar-refractivity contribution < 1.29 is 24.2 Å². The van der Waals surface area contributed by atoms with Crippen molar-refractivity contribution in [3.8, 4) is 0 Å². The zero-order chi connectivity index (χ0) is 17.3. The van der Waals surface area contributed by atoms with Gasteiger partial charge in [-0.15, -0.1) is 11.3 Å². The number of anilines is 1. The summed E-state index contributed by atoms with van der Waals surface area (Å²) < 4.78 is 4.99. The predicted molar refractivity (Wildman–Crippen MR) is 89.0 cm³/mol. The number of carbonyl (C=O) groups is 3. The quantitative estimate of drug-likeness (QED) is 0.796. The first-order valence-electron chi connectivity index (χ1n) is 8.31. The van der Waals surface area contributed by atoms with Crippen molar-refractivity contribution >= 4 is 34.2 Å². The van der Waals surface area contributed by atoms with Gasteiger partial charge in [0.25, 0.3) is 0 Å². The number of hydrogen-bond acceptors (Lipinski definition) is 5. The molecule has 2 atom stereocenters. The van der Waals surface area contributed by atoms with Gasteiger partial charge in [0.15, 0.2) is 0 Å². The van der Waals surface area contributed by atoms with E-state index in [1.54, 1.807) is 18.4 Å². The molecule has 1 heterocycles. The lowest BCUT2D eigenvalue weighted by molar-refractivity contribution is -0.156. The summed E-state index contributed by atoms with van der Waals surface area (Å²) in [5, 5.41) is 14.5. The van der Waals surface area contributed by atoms with Crippen LogP contribution in [0.1, 0.15) is 43.0 Å². The number of thiophene rings is 1. The number of amides is 1. The van der Waals surface area contributed by atoms with Crippen LogP contribution in [0.4, 0.5) is 5.00 Å². The smallest absolute Gasteiger partial charge is 0.341 e. The maximum Gasteiger partial charge on any atom is 0.341 e. The fraction of sp³-hybridized carbons (Fsp3) is 0.588. The lowest BCUT2D eigenvalue weighted by Gasteiger charge is -2.45. The molecule has 3 saturated carbocycles. The second-order valence-electron chi connectivity index (χ2n) is 6.44. The Morgan fingerprint density at radius 3 is 2.42 bits per heavy atom. The van der Waals surface area contributed by atoms with E-state index in [0.717, 1.165) is 25.7 Å². The van der Waals surface area contributed by atoms with Crippen molar-refractivity contribution in [1.29, 1.82) is 0 Å². The van der Waals surface area contributed by atoms with Crippen LogP contribution in [0.15, 0.2) is 11.4 Å². The Morgan fingerprint density at radius 1 is 1.21 bits per heavy atom. The fourth-order valence-electron chi connectivity index (χ4n) is 4.15. The third-order valence-electron chi connectivity index (χ3n) is 5.20. The number of hydrogen-bond donors (Lipinski definition) is 2. The number of carboxylic acid groups (broad SMARTS) is 1. The first-order valence-corrected chi connectivity index (χ1v) is 9.19. The largest absolute Gasteiger partial charge is 0.481 e. The van der Waals surface area contributed by atoms with Gasteiger partial charge in [-0.05, 0) is 55.9 Å². The van der Waals surface area contributed by atoms with Gasteiger partial charge in [-0.25, -0.2) is 4.79 Å². The van der Waals surface area contributed by atoms with E-state index in [-0.39, 0.29) is 24.3 Å². The maximum absolute atomic E-state index is 12.8. The normalized spacial score (nSPS) is 28.4. The second kappa shape index (κ2) is 6.93. The van der Waals surface area contributed by atoms with Crippen molar-refractivity contribution in [3.63, 3.8) is 0 Å². The van der Waals surface area contributed by atoms with E-state index in [2.05, 4.69) is 5.32 Å².